The maximum absolute atomic E-state index is 10.3. The van der Waals surface area contributed by atoms with Crippen molar-refractivity contribution in [2.75, 3.05) is 12.3 Å². The number of anilines is 1. The average Bonchev–Trinajstić information content (AvgIpc) is 3.09. The molecule has 0 radical (unpaired) electrons. The molecule has 0 aliphatic carbocycles. The standard InChI is InChI=1S/C16H27N5O4Si/c1-16(2,3)26(4,5)15-19-12(17)9-13(20-15)21(7-18-9)14-11(24)10(23)8(6-22)25-14/h7-8,10-11,14,22-24H,6H2,1-5H3,(H2,17,19,20)/t8-,10-,11-,14-/m1/s1. The molecule has 0 amide bonds. The molecule has 0 aromatic carbocycles. The number of rotatable bonds is 3. The normalized spacial score (nSPS) is 27.4. The summed E-state index contributed by atoms with van der Waals surface area (Å²) in [5.41, 5.74) is 7.70. The predicted octanol–water partition coefficient (Wildman–Crippen LogP) is -0.264. The molecule has 1 saturated heterocycles. The molecule has 9 nitrogen and oxygen atoms in total. The Morgan fingerprint density at radius 2 is 1.88 bits per heavy atom. The van der Waals surface area contributed by atoms with Crippen molar-refractivity contribution in [3.8, 4) is 0 Å². The van der Waals surface area contributed by atoms with Crippen molar-refractivity contribution in [2.45, 2.75) is 63.4 Å². The Kier molecular flexibility index (Phi) is 4.60. The van der Waals surface area contributed by atoms with Crippen molar-refractivity contribution < 1.29 is 20.1 Å². The average molecular weight is 382 g/mol. The van der Waals surface area contributed by atoms with Gasteiger partial charge in [-0.25, -0.2) is 15.0 Å². The van der Waals surface area contributed by atoms with E-state index in [9.17, 15) is 15.3 Å². The smallest absolute Gasteiger partial charge is 0.167 e. The first-order valence-electron chi connectivity index (χ1n) is 8.62. The van der Waals surface area contributed by atoms with Gasteiger partial charge in [0.25, 0.3) is 0 Å². The van der Waals surface area contributed by atoms with Crippen LogP contribution in [0.4, 0.5) is 5.82 Å². The first-order valence-corrected chi connectivity index (χ1v) is 11.6. The zero-order valence-corrected chi connectivity index (χ0v) is 16.7. The molecule has 144 valence electrons. The zero-order valence-electron chi connectivity index (χ0n) is 15.7. The Hall–Kier alpha value is -1.59. The summed E-state index contributed by atoms with van der Waals surface area (Å²) in [6, 6.07) is 0. The number of hydrogen-bond acceptors (Lipinski definition) is 8. The van der Waals surface area contributed by atoms with E-state index in [1.54, 1.807) is 4.57 Å². The van der Waals surface area contributed by atoms with Crippen LogP contribution in [0, 0.1) is 0 Å². The Labute approximate surface area is 152 Å². The summed E-state index contributed by atoms with van der Waals surface area (Å²) in [4.78, 5) is 13.5. The molecule has 5 N–H and O–H groups in total. The molecular formula is C16H27N5O4Si. The van der Waals surface area contributed by atoms with Gasteiger partial charge in [0, 0.05) is 0 Å². The predicted molar refractivity (Wildman–Crippen MR) is 99.6 cm³/mol. The minimum Gasteiger partial charge on any atom is -0.394 e. The second-order valence-corrected chi connectivity index (χ2v) is 13.6. The van der Waals surface area contributed by atoms with Crippen LogP contribution in [-0.4, -0.2) is 67.8 Å². The van der Waals surface area contributed by atoms with Crippen molar-refractivity contribution in [1.29, 1.82) is 0 Å². The van der Waals surface area contributed by atoms with Gasteiger partial charge in [-0.2, -0.15) is 0 Å². The van der Waals surface area contributed by atoms with Crippen LogP contribution in [0.2, 0.25) is 18.1 Å². The minimum absolute atomic E-state index is 0.0134. The van der Waals surface area contributed by atoms with Crippen LogP contribution >= 0.6 is 0 Å². The summed E-state index contributed by atoms with van der Waals surface area (Å²) < 4.78 is 7.15. The van der Waals surface area contributed by atoms with E-state index in [4.69, 9.17) is 15.5 Å². The fraction of sp³-hybridized carbons (Fsp3) is 0.688. The second kappa shape index (κ2) is 6.24. The van der Waals surface area contributed by atoms with Crippen LogP contribution in [0.1, 0.15) is 27.0 Å². The molecule has 3 rings (SSSR count). The lowest BCUT2D eigenvalue weighted by molar-refractivity contribution is -0.0511. The molecule has 1 aliphatic heterocycles. The van der Waals surface area contributed by atoms with Crippen molar-refractivity contribution in [1.82, 2.24) is 19.5 Å². The van der Waals surface area contributed by atoms with E-state index < -0.39 is 39.2 Å². The summed E-state index contributed by atoms with van der Waals surface area (Å²) in [5.74, 6) is 0.278. The topological polar surface area (TPSA) is 140 Å². The molecule has 0 unspecified atom stereocenters. The van der Waals surface area contributed by atoms with Crippen molar-refractivity contribution in [3.05, 3.63) is 6.33 Å². The molecule has 4 atom stereocenters. The zero-order chi connectivity index (χ0) is 19.4. The minimum atomic E-state index is -2.05. The van der Waals surface area contributed by atoms with E-state index in [1.165, 1.54) is 6.33 Å². The lowest BCUT2D eigenvalue weighted by Crippen LogP contribution is -2.52. The van der Waals surface area contributed by atoms with Gasteiger partial charge in [-0.3, -0.25) is 4.57 Å². The number of nitrogens with two attached hydrogens (primary N) is 1. The van der Waals surface area contributed by atoms with Crippen LogP contribution in [0.15, 0.2) is 6.33 Å². The third-order valence-electron chi connectivity index (χ3n) is 5.67. The maximum Gasteiger partial charge on any atom is 0.167 e. The van der Waals surface area contributed by atoms with Gasteiger partial charge in [-0.1, -0.05) is 33.9 Å². The number of fused-ring (bicyclic) bond motifs is 1. The molecule has 1 aliphatic rings. The highest BCUT2D eigenvalue weighted by Crippen LogP contribution is 2.36. The van der Waals surface area contributed by atoms with Gasteiger partial charge in [0.15, 0.2) is 17.7 Å². The van der Waals surface area contributed by atoms with Gasteiger partial charge in [0.1, 0.15) is 37.4 Å². The summed E-state index contributed by atoms with van der Waals surface area (Å²) in [5, 5.41) is 29.7. The van der Waals surface area contributed by atoms with E-state index in [1.807, 2.05) is 0 Å². The second-order valence-electron chi connectivity index (χ2n) is 8.36. The number of aliphatic hydroxyl groups is 3. The fourth-order valence-corrected chi connectivity index (χ4v) is 4.31. The SMILES string of the molecule is CC(C)(C)[Si](C)(C)c1nc(N)c2ncn([C@@H]3O[C@H](CO)[C@@H](O)[C@H]3O)c2n1. The van der Waals surface area contributed by atoms with E-state index in [-0.39, 0.29) is 10.9 Å². The van der Waals surface area contributed by atoms with Crippen LogP contribution in [0.5, 0.6) is 0 Å². The lowest BCUT2D eigenvalue weighted by Gasteiger charge is -2.35. The fourth-order valence-electron chi connectivity index (χ4n) is 2.85. The quantitative estimate of drug-likeness (QED) is 0.533. The third-order valence-corrected chi connectivity index (χ3v) is 10.8. The van der Waals surface area contributed by atoms with Crippen molar-refractivity contribution >= 4 is 30.5 Å². The van der Waals surface area contributed by atoms with Crippen LogP contribution in [0.25, 0.3) is 11.2 Å². The first kappa shape index (κ1) is 19.2. The number of hydrogen-bond donors (Lipinski definition) is 4. The lowest BCUT2D eigenvalue weighted by atomic mass is 10.1. The van der Waals surface area contributed by atoms with Crippen LogP contribution in [0.3, 0.4) is 0 Å². The molecule has 0 saturated carbocycles. The highest BCUT2D eigenvalue weighted by molar-refractivity contribution is 6.91. The number of nitrogens with zero attached hydrogens (tertiary/aromatic N) is 4. The largest absolute Gasteiger partial charge is 0.394 e. The van der Waals surface area contributed by atoms with E-state index >= 15 is 0 Å². The number of nitrogen functional groups attached to an aromatic ring is 1. The molecule has 3 heterocycles. The van der Waals surface area contributed by atoms with E-state index in [0.717, 1.165) is 0 Å². The van der Waals surface area contributed by atoms with E-state index in [2.05, 4.69) is 43.8 Å². The molecule has 0 spiro atoms. The Morgan fingerprint density at radius 1 is 1.23 bits per heavy atom. The number of aromatic nitrogens is 4. The first-order chi connectivity index (χ1) is 12.0. The Morgan fingerprint density at radius 3 is 2.42 bits per heavy atom. The third kappa shape index (κ3) is 2.81. The van der Waals surface area contributed by atoms with Crippen molar-refractivity contribution in [2.24, 2.45) is 0 Å². The van der Waals surface area contributed by atoms with Crippen LogP contribution in [-0.2, 0) is 4.74 Å². The number of imidazole rings is 1. The Balaban J connectivity index is 2.12. The number of ether oxygens (including phenoxy) is 1. The summed E-state index contributed by atoms with van der Waals surface area (Å²) in [6.45, 7) is 10.4. The monoisotopic (exact) mass is 381 g/mol. The van der Waals surface area contributed by atoms with Gasteiger partial charge in [0.2, 0.25) is 0 Å². The highest BCUT2D eigenvalue weighted by Gasteiger charge is 2.45. The molecule has 10 heteroatoms. The molecule has 26 heavy (non-hydrogen) atoms. The number of aliphatic hydroxyl groups excluding tert-OH is 3. The van der Waals surface area contributed by atoms with Gasteiger partial charge < -0.3 is 25.8 Å². The molecule has 2 aromatic rings. The van der Waals surface area contributed by atoms with Gasteiger partial charge in [-0.05, 0) is 5.04 Å². The van der Waals surface area contributed by atoms with Gasteiger partial charge >= 0.3 is 0 Å². The van der Waals surface area contributed by atoms with Gasteiger partial charge in [-0.15, -0.1) is 0 Å². The molecular weight excluding hydrogens is 354 g/mol. The molecule has 2 aromatic heterocycles. The van der Waals surface area contributed by atoms with Crippen LogP contribution < -0.4 is 11.2 Å². The van der Waals surface area contributed by atoms with Crippen molar-refractivity contribution in [3.63, 3.8) is 0 Å². The summed E-state index contributed by atoms with van der Waals surface area (Å²) >= 11 is 0. The summed E-state index contributed by atoms with van der Waals surface area (Å²) in [6.07, 6.45) is -2.72. The van der Waals surface area contributed by atoms with E-state index in [0.29, 0.717) is 16.6 Å². The molecule has 0 bridgehead atoms. The summed E-state index contributed by atoms with van der Waals surface area (Å²) in [7, 11) is -2.05. The highest BCUT2D eigenvalue weighted by atomic mass is 28.3. The Bertz CT molecular complexity index is 819. The van der Waals surface area contributed by atoms with Gasteiger partial charge in [0.05, 0.1) is 12.9 Å². The maximum atomic E-state index is 10.3. The molecule has 1 fully saturated rings.